The molecule has 21 heavy (non-hydrogen) atoms. The number of aliphatic hydroxyl groups is 1. The van der Waals surface area contributed by atoms with Gasteiger partial charge in [-0.1, -0.05) is 0 Å². The second-order valence-corrected chi connectivity index (χ2v) is 6.29. The van der Waals surface area contributed by atoms with Crippen molar-refractivity contribution in [3.8, 4) is 0 Å². The van der Waals surface area contributed by atoms with E-state index < -0.39 is 5.54 Å². The third-order valence-electron chi connectivity index (χ3n) is 4.31. The Bertz CT molecular complexity index is 413. The van der Waals surface area contributed by atoms with Crippen molar-refractivity contribution in [2.45, 2.75) is 44.4 Å². The molecule has 0 aromatic rings. The van der Waals surface area contributed by atoms with Gasteiger partial charge in [-0.25, -0.2) is 4.79 Å². The number of hydrogen-bond donors (Lipinski definition) is 2. The lowest BCUT2D eigenvalue weighted by Crippen LogP contribution is -2.40. The summed E-state index contributed by atoms with van der Waals surface area (Å²) < 4.78 is 5.33. The number of methoxy groups -OCH3 is 1. The summed E-state index contributed by atoms with van der Waals surface area (Å²) in [6.07, 6.45) is 1.67. The zero-order chi connectivity index (χ0) is 15.6. The van der Waals surface area contributed by atoms with E-state index in [1.54, 1.807) is 21.0 Å². The van der Waals surface area contributed by atoms with Gasteiger partial charge < -0.3 is 15.2 Å². The Hall–Kier alpha value is -1.18. The van der Waals surface area contributed by atoms with Crippen LogP contribution in [0, 0.1) is 0 Å². The highest BCUT2D eigenvalue weighted by Gasteiger charge is 2.43. The Morgan fingerprint density at radius 2 is 2.10 bits per heavy atom. The fraction of sp³-hybridized carbons (Fsp3) is 0.857. The average molecular weight is 299 g/mol. The van der Waals surface area contributed by atoms with Gasteiger partial charge in [0.05, 0.1) is 12.7 Å². The van der Waals surface area contributed by atoms with Crippen molar-refractivity contribution in [2.75, 3.05) is 33.4 Å². The van der Waals surface area contributed by atoms with Crippen LogP contribution in [0.25, 0.3) is 0 Å². The molecule has 2 aliphatic rings. The molecular formula is C14H25N3O4. The fourth-order valence-corrected chi connectivity index (χ4v) is 3.03. The number of nitrogens with one attached hydrogen (secondary N) is 1. The second-order valence-electron chi connectivity index (χ2n) is 6.29. The van der Waals surface area contributed by atoms with Crippen LogP contribution in [-0.4, -0.2) is 77.9 Å². The van der Waals surface area contributed by atoms with Gasteiger partial charge in [-0.3, -0.25) is 14.6 Å². The maximum absolute atomic E-state index is 12.1. The van der Waals surface area contributed by atoms with Crippen molar-refractivity contribution in [3.63, 3.8) is 0 Å². The van der Waals surface area contributed by atoms with Crippen molar-refractivity contribution in [3.05, 3.63) is 0 Å². The Kier molecular flexibility index (Phi) is 4.85. The van der Waals surface area contributed by atoms with Crippen LogP contribution in [0.15, 0.2) is 0 Å². The minimum atomic E-state index is -0.806. The van der Waals surface area contributed by atoms with E-state index in [-0.39, 0.29) is 30.7 Å². The number of carbonyl (C=O) groups is 2. The molecule has 0 unspecified atom stereocenters. The van der Waals surface area contributed by atoms with E-state index in [4.69, 9.17) is 4.74 Å². The first-order valence-corrected chi connectivity index (χ1v) is 7.41. The number of hydrogen-bond acceptors (Lipinski definition) is 5. The summed E-state index contributed by atoms with van der Waals surface area (Å²) in [6.45, 7) is 5.45. The largest absolute Gasteiger partial charge is 0.395 e. The van der Waals surface area contributed by atoms with Crippen molar-refractivity contribution in [1.29, 1.82) is 0 Å². The topological polar surface area (TPSA) is 82.1 Å². The lowest BCUT2D eigenvalue weighted by molar-refractivity contribution is -0.130. The molecule has 120 valence electrons. The van der Waals surface area contributed by atoms with Crippen LogP contribution in [0.1, 0.15) is 26.7 Å². The van der Waals surface area contributed by atoms with Crippen molar-refractivity contribution >= 4 is 11.9 Å². The van der Waals surface area contributed by atoms with Crippen LogP contribution < -0.4 is 5.32 Å². The Morgan fingerprint density at radius 1 is 1.38 bits per heavy atom. The molecule has 0 aromatic carbocycles. The summed E-state index contributed by atoms with van der Waals surface area (Å²) in [4.78, 5) is 27.3. The van der Waals surface area contributed by atoms with Crippen LogP contribution in [-0.2, 0) is 9.53 Å². The van der Waals surface area contributed by atoms with E-state index in [9.17, 15) is 14.7 Å². The molecule has 2 atom stereocenters. The third kappa shape index (κ3) is 3.36. The van der Waals surface area contributed by atoms with E-state index in [1.165, 1.54) is 4.90 Å². The summed E-state index contributed by atoms with van der Waals surface area (Å²) in [7, 11) is 1.68. The first-order chi connectivity index (χ1) is 9.89. The van der Waals surface area contributed by atoms with Gasteiger partial charge in [-0.15, -0.1) is 0 Å². The number of amides is 3. The van der Waals surface area contributed by atoms with Crippen molar-refractivity contribution < 1.29 is 19.4 Å². The van der Waals surface area contributed by atoms with Gasteiger partial charge in [-0.05, 0) is 26.7 Å². The molecular weight excluding hydrogens is 274 g/mol. The number of likely N-dealkylation sites (tertiary alicyclic amines) is 1. The summed E-state index contributed by atoms with van der Waals surface area (Å²) in [5.74, 6) is -0.178. The Labute approximate surface area is 125 Å². The molecule has 7 heteroatoms. The van der Waals surface area contributed by atoms with Gasteiger partial charge in [0.25, 0.3) is 5.91 Å². The van der Waals surface area contributed by atoms with Gasteiger partial charge in [-0.2, -0.15) is 0 Å². The smallest absolute Gasteiger partial charge is 0.325 e. The first-order valence-electron chi connectivity index (χ1n) is 7.41. The van der Waals surface area contributed by atoms with Gasteiger partial charge in [0, 0.05) is 32.8 Å². The molecule has 2 saturated heterocycles. The lowest BCUT2D eigenvalue weighted by Gasteiger charge is -2.23. The van der Waals surface area contributed by atoms with Crippen LogP contribution in [0.3, 0.4) is 0 Å². The SMILES string of the molecule is CO[C@@H]1C[C@@H](CO)N(CCCN2C(=O)NC(C)(C)C2=O)C1. The normalized spacial score (nSPS) is 29.2. The lowest BCUT2D eigenvalue weighted by atomic mass is 10.1. The van der Waals surface area contributed by atoms with E-state index in [0.717, 1.165) is 19.5 Å². The Morgan fingerprint density at radius 3 is 2.62 bits per heavy atom. The van der Waals surface area contributed by atoms with Crippen molar-refractivity contribution in [2.24, 2.45) is 0 Å². The molecule has 0 aromatic heterocycles. The molecule has 0 spiro atoms. The highest BCUT2D eigenvalue weighted by Crippen LogP contribution is 2.21. The summed E-state index contributed by atoms with van der Waals surface area (Å²) in [5.41, 5.74) is -0.806. The maximum Gasteiger partial charge on any atom is 0.325 e. The standard InChI is InChI=1S/C14H25N3O4/c1-14(2)12(19)17(13(20)15-14)6-4-5-16-8-11(21-3)7-10(16)9-18/h10-11,18H,4-9H2,1-3H3,(H,15,20)/t10-,11+/m0/s1. The minimum absolute atomic E-state index is 0.106. The van der Waals surface area contributed by atoms with E-state index in [0.29, 0.717) is 13.0 Å². The van der Waals surface area contributed by atoms with Crippen LogP contribution in [0.4, 0.5) is 4.79 Å². The molecule has 0 radical (unpaired) electrons. The quantitative estimate of drug-likeness (QED) is 0.663. The molecule has 2 rings (SSSR count). The number of urea groups is 1. The summed E-state index contributed by atoms with van der Waals surface area (Å²) in [6, 6.07) is -0.214. The number of carbonyl (C=O) groups excluding carboxylic acids is 2. The molecule has 2 heterocycles. The molecule has 0 bridgehead atoms. The highest BCUT2D eigenvalue weighted by molar-refractivity contribution is 6.06. The van der Waals surface area contributed by atoms with Crippen LogP contribution in [0.2, 0.25) is 0 Å². The van der Waals surface area contributed by atoms with Gasteiger partial charge >= 0.3 is 6.03 Å². The minimum Gasteiger partial charge on any atom is -0.395 e. The fourth-order valence-electron chi connectivity index (χ4n) is 3.03. The molecule has 7 nitrogen and oxygen atoms in total. The van der Waals surface area contributed by atoms with Gasteiger partial charge in [0.1, 0.15) is 5.54 Å². The third-order valence-corrected chi connectivity index (χ3v) is 4.31. The van der Waals surface area contributed by atoms with Gasteiger partial charge in [0.2, 0.25) is 0 Å². The zero-order valence-corrected chi connectivity index (χ0v) is 13.0. The molecule has 2 fully saturated rings. The number of ether oxygens (including phenoxy) is 1. The van der Waals surface area contributed by atoms with E-state index in [1.807, 2.05) is 0 Å². The number of aliphatic hydroxyl groups excluding tert-OH is 1. The number of imide groups is 1. The predicted octanol–water partition coefficient (Wildman–Crippen LogP) is -0.211. The molecule has 2 aliphatic heterocycles. The molecule has 0 aliphatic carbocycles. The maximum atomic E-state index is 12.1. The number of nitrogens with zero attached hydrogens (tertiary/aromatic N) is 2. The Balaban J connectivity index is 1.82. The molecule has 0 saturated carbocycles. The molecule has 2 N–H and O–H groups in total. The highest BCUT2D eigenvalue weighted by atomic mass is 16.5. The van der Waals surface area contributed by atoms with Gasteiger partial charge in [0.15, 0.2) is 0 Å². The second kappa shape index (κ2) is 6.29. The number of rotatable bonds is 6. The average Bonchev–Trinajstić information content (AvgIpc) is 2.92. The van der Waals surface area contributed by atoms with Crippen LogP contribution >= 0.6 is 0 Å². The first kappa shape index (κ1) is 16.2. The van der Waals surface area contributed by atoms with E-state index in [2.05, 4.69) is 10.2 Å². The monoisotopic (exact) mass is 299 g/mol. The van der Waals surface area contributed by atoms with Crippen molar-refractivity contribution in [1.82, 2.24) is 15.1 Å². The summed E-state index contributed by atoms with van der Waals surface area (Å²) in [5, 5.41) is 12.1. The predicted molar refractivity (Wildman–Crippen MR) is 76.8 cm³/mol. The van der Waals surface area contributed by atoms with E-state index >= 15 is 0 Å². The zero-order valence-electron chi connectivity index (χ0n) is 13.0. The molecule has 3 amide bonds. The summed E-state index contributed by atoms with van der Waals surface area (Å²) >= 11 is 0. The van der Waals surface area contributed by atoms with Crippen LogP contribution in [0.5, 0.6) is 0 Å².